The number of ether oxygens (including phenoxy) is 1. The second-order valence-electron chi connectivity index (χ2n) is 10.5. The van der Waals surface area contributed by atoms with Gasteiger partial charge in [0, 0.05) is 52.3 Å². The van der Waals surface area contributed by atoms with E-state index >= 15 is 0 Å². The third-order valence-corrected chi connectivity index (χ3v) is 9.63. The van der Waals surface area contributed by atoms with Gasteiger partial charge in [-0.15, -0.1) is 5.10 Å². The van der Waals surface area contributed by atoms with Crippen molar-refractivity contribution in [3.05, 3.63) is 41.6 Å². The van der Waals surface area contributed by atoms with E-state index in [0.29, 0.717) is 25.6 Å². The van der Waals surface area contributed by atoms with Crippen LogP contribution >= 0.6 is 0 Å². The molecule has 2 saturated heterocycles. The highest BCUT2D eigenvalue weighted by Gasteiger charge is 2.52. The largest absolute Gasteiger partial charge is 0.478 e. The maximum Gasteiger partial charge on any atom is 0.278 e. The van der Waals surface area contributed by atoms with Gasteiger partial charge in [-0.05, 0) is 61.4 Å². The number of hydrogen-bond donors (Lipinski definition) is 2. The zero-order chi connectivity index (χ0) is 24.3. The lowest BCUT2D eigenvalue weighted by molar-refractivity contribution is 0.0767. The molecule has 2 fully saturated rings. The summed E-state index contributed by atoms with van der Waals surface area (Å²) in [6, 6.07) is 8.21. The molecule has 0 saturated carbocycles. The van der Waals surface area contributed by atoms with E-state index in [4.69, 9.17) is 4.74 Å². The van der Waals surface area contributed by atoms with Crippen LogP contribution < -0.4 is 10.1 Å². The van der Waals surface area contributed by atoms with Gasteiger partial charge in [-0.25, -0.2) is 18.5 Å². The zero-order valence-electron chi connectivity index (χ0n) is 20.0. The fourth-order valence-electron chi connectivity index (χ4n) is 6.17. The Labute approximate surface area is 213 Å². The molecule has 8 rings (SSSR count). The Balaban J connectivity index is 0.00000147. The fraction of sp³-hybridized carbons (Fsp3) is 0.480. The Hall–Kier alpha value is -3.02. The molecule has 4 aliphatic heterocycles. The van der Waals surface area contributed by atoms with Crippen molar-refractivity contribution in [3.8, 4) is 17.0 Å². The molecule has 10 nitrogen and oxygen atoms in total. The number of benzene rings is 1. The first-order valence-electron chi connectivity index (χ1n) is 12.7. The maximum atomic E-state index is 13.3. The molecule has 3 aromatic rings. The van der Waals surface area contributed by atoms with Crippen molar-refractivity contribution in [3.63, 3.8) is 0 Å². The lowest BCUT2D eigenvalue weighted by Gasteiger charge is -2.46. The van der Waals surface area contributed by atoms with Crippen LogP contribution in [0.4, 0.5) is 11.6 Å². The van der Waals surface area contributed by atoms with Gasteiger partial charge in [-0.1, -0.05) is 12.1 Å². The monoisotopic (exact) mass is 511 g/mol. The average Bonchev–Trinajstić information content (AvgIpc) is 3.60. The molecule has 7 bridgehead atoms. The second kappa shape index (κ2) is 8.25. The summed E-state index contributed by atoms with van der Waals surface area (Å²) in [5.41, 5.74) is 5.44. The SMILES string of the molecule is O=S1(=O)c2nc(n[nH]2)Nc2c(ccc3c2CCC3)-c2ccnc(c2)OCCCN2CCC3(C2)CN1C3.[HH].[HH]. The Bertz CT molecular complexity index is 1440. The molecular weight excluding hydrogens is 478 g/mol. The van der Waals surface area contributed by atoms with Gasteiger partial charge in [0.2, 0.25) is 11.8 Å². The van der Waals surface area contributed by atoms with E-state index < -0.39 is 10.0 Å². The molecule has 0 radical (unpaired) electrons. The Kier molecular flexibility index (Phi) is 5.09. The highest BCUT2D eigenvalue weighted by atomic mass is 32.2. The van der Waals surface area contributed by atoms with Crippen molar-refractivity contribution in [1.82, 2.24) is 29.4 Å². The Morgan fingerprint density at radius 1 is 1.08 bits per heavy atom. The van der Waals surface area contributed by atoms with Crippen LogP contribution in [-0.2, 0) is 22.9 Å². The van der Waals surface area contributed by atoms with Crippen LogP contribution in [0.1, 0.15) is 33.2 Å². The van der Waals surface area contributed by atoms with E-state index in [1.165, 1.54) is 15.4 Å². The maximum absolute atomic E-state index is 13.3. The van der Waals surface area contributed by atoms with Gasteiger partial charge in [0.25, 0.3) is 15.2 Å². The Morgan fingerprint density at radius 3 is 2.92 bits per heavy atom. The van der Waals surface area contributed by atoms with Crippen LogP contribution in [0.15, 0.2) is 35.6 Å². The zero-order valence-corrected chi connectivity index (χ0v) is 20.9. The second-order valence-corrected chi connectivity index (χ2v) is 12.3. The number of H-pyrrole nitrogens is 1. The van der Waals surface area contributed by atoms with Crippen molar-refractivity contribution in [2.24, 2.45) is 5.41 Å². The minimum Gasteiger partial charge on any atom is -0.478 e. The van der Waals surface area contributed by atoms with Gasteiger partial charge < -0.3 is 15.0 Å². The molecule has 2 aromatic heterocycles. The van der Waals surface area contributed by atoms with Gasteiger partial charge in [0.15, 0.2) is 0 Å². The summed E-state index contributed by atoms with van der Waals surface area (Å²) in [7, 11) is -3.72. The summed E-state index contributed by atoms with van der Waals surface area (Å²) in [4.78, 5) is 11.2. The molecule has 1 spiro atoms. The predicted octanol–water partition coefficient (Wildman–Crippen LogP) is 3.07. The van der Waals surface area contributed by atoms with Gasteiger partial charge in [0.1, 0.15) is 0 Å². The van der Waals surface area contributed by atoms with Crippen molar-refractivity contribution >= 4 is 21.7 Å². The number of aromatic amines is 1. The fourth-order valence-corrected chi connectivity index (χ4v) is 7.67. The van der Waals surface area contributed by atoms with E-state index in [0.717, 1.165) is 68.6 Å². The summed E-state index contributed by atoms with van der Waals surface area (Å²) in [5.74, 6) is 0.858. The molecule has 192 valence electrons. The molecule has 36 heavy (non-hydrogen) atoms. The van der Waals surface area contributed by atoms with Crippen LogP contribution in [0.2, 0.25) is 0 Å². The molecule has 5 aliphatic rings. The third kappa shape index (κ3) is 3.68. The molecule has 11 heteroatoms. The number of nitrogens with zero attached hydrogens (tertiary/aromatic N) is 5. The molecule has 1 unspecified atom stereocenters. The highest BCUT2D eigenvalue weighted by molar-refractivity contribution is 7.89. The van der Waals surface area contributed by atoms with Crippen LogP contribution in [-0.4, -0.2) is 77.1 Å². The number of fused-ring (bicyclic) bond motifs is 4. The summed E-state index contributed by atoms with van der Waals surface area (Å²) < 4.78 is 34.1. The van der Waals surface area contributed by atoms with Crippen LogP contribution in [0.3, 0.4) is 0 Å². The first kappa shape index (κ1) is 22.2. The van der Waals surface area contributed by atoms with E-state index in [2.05, 4.69) is 42.5 Å². The quantitative estimate of drug-likeness (QED) is 0.473. The highest BCUT2D eigenvalue weighted by Crippen LogP contribution is 2.42. The molecular formula is C25H33N7O3S. The molecule has 0 amide bonds. The van der Waals surface area contributed by atoms with Gasteiger partial charge in [-0.3, -0.25) is 0 Å². The summed E-state index contributed by atoms with van der Waals surface area (Å²) >= 11 is 0. The first-order valence-corrected chi connectivity index (χ1v) is 14.1. The minimum atomic E-state index is -3.72. The number of aryl methyl sites for hydroxylation is 1. The standard InChI is InChI=1S/C25H29N7O3S.2H2/c33-36(34)24-28-23(29-30-24)27-22-19-4-1-3-17(19)5-6-20(22)18-7-9-26-21(13-18)35-12-2-10-31-11-8-25(14-31)15-32(36)16-25;;/h5-7,9,13H,1-4,8,10-12,14-16H2,(H2,27,28,29,30);2*1H. The molecule has 6 heterocycles. The van der Waals surface area contributed by atoms with E-state index in [9.17, 15) is 8.42 Å². The van der Waals surface area contributed by atoms with Crippen LogP contribution in [0, 0.1) is 5.41 Å². The number of rotatable bonds is 0. The summed E-state index contributed by atoms with van der Waals surface area (Å²) in [5, 5.41) is 10.2. The van der Waals surface area contributed by atoms with Crippen molar-refractivity contribution in [1.29, 1.82) is 0 Å². The van der Waals surface area contributed by atoms with Crippen molar-refractivity contribution in [2.75, 3.05) is 44.6 Å². The number of pyridine rings is 1. The van der Waals surface area contributed by atoms with Crippen LogP contribution in [0.5, 0.6) is 5.88 Å². The van der Waals surface area contributed by atoms with Gasteiger partial charge in [0.05, 0.1) is 12.3 Å². The summed E-state index contributed by atoms with van der Waals surface area (Å²) in [6.07, 6.45) is 6.73. The number of anilines is 2. The first-order chi connectivity index (χ1) is 17.5. The Morgan fingerprint density at radius 2 is 2.00 bits per heavy atom. The third-order valence-electron chi connectivity index (χ3n) is 8.02. The van der Waals surface area contributed by atoms with Gasteiger partial charge >= 0.3 is 0 Å². The lowest BCUT2D eigenvalue weighted by atomic mass is 9.81. The molecule has 1 atom stereocenters. The van der Waals surface area contributed by atoms with E-state index in [-0.39, 0.29) is 19.4 Å². The number of hydrogen-bond acceptors (Lipinski definition) is 8. The average molecular weight is 512 g/mol. The predicted molar refractivity (Wildman–Crippen MR) is 138 cm³/mol. The smallest absolute Gasteiger partial charge is 0.278 e. The molecule has 1 aliphatic carbocycles. The number of sulfonamides is 1. The lowest BCUT2D eigenvalue weighted by Crippen LogP contribution is -2.59. The number of aromatic nitrogens is 4. The normalized spacial score (nSPS) is 28.3. The van der Waals surface area contributed by atoms with E-state index in [1.807, 2.05) is 12.1 Å². The van der Waals surface area contributed by atoms with Crippen LogP contribution in [0.25, 0.3) is 11.1 Å². The topological polar surface area (TPSA) is 116 Å². The molecule has 2 N–H and O–H groups in total. The minimum absolute atomic E-state index is 0. The van der Waals surface area contributed by atoms with Crippen molar-refractivity contribution < 1.29 is 16.0 Å². The number of nitrogens with one attached hydrogen (secondary N) is 2. The van der Waals surface area contributed by atoms with E-state index in [1.54, 1.807) is 6.20 Å². The van der Waals surface area contributed by atoms with Gasteiger partial charge in [-0.2, -0.15) is 9.29 Å². The molecule has 1 aromatic carbocycles. The summed E-state index contributed by atoms with van der Waals surface area (Å²) in [6.45, 7) is 4.47. The van der Waals surface area contributed by atoms with Crippen molar-refractivity contribution in [2.45, 2.75) is 37.3 Å².